The van der Waals surface area contributed by atoms with Crippen LogP contribution in [0.5, 0.6) is 11.8 Å². The minimum Gasteiger partial charge on any atom is -0.508 e. The van der Waals surface area contributed by atoms with Crippen molar-refractivity contribution < 1.29 is 38.1 Å². The number of fused-ring (bicyclic) bond motifs is 5. The van der Waals surface area contributed by atoms with Crippen molar-refractivity contribution in [2.24, 2.45) is 17.8 Å². The molecule has 80 heavy (non-hydrogen) atoms. The predicted molar refractivity (Wildman–Crippen MR) is 304 cm³/mol. The number of piperidine rings is 4. The number of aryl methyl sites for hydroxylation is 1. The maximum Gasteiger partial charge on any atom is 0.410 e. The second kappa shape index (κ2) is 22.4. The summed E-state index contributed by atoms with van der Waals surface area (Å²) in [6, 6.07) is 14.4. The van der Waals surface area contributed by atoms with Gasteiger partial charge in [0.15, 0.2) is 5.82 Å². The molecule has 0 radical (unpaired) electrons. The molecule has 4 amide bonds. The van der Waals surface area contributed by atoms with Crippen molar-refractivity contribution in [2.45, 2.75) is 135 Å². The number of aromatic nitrogens is 3. The SMILES string of the molecule is CCc1cccc2cc(O)cc(-c3ncc4c(N5CC6CCC(C5)N6C(=O)OC(C)(C)C)nc(OCCN5CCC(CC6CCN(CC7CCN(c8cccc9c8CN(C8CCC(=O)NC8=O)C9=O)CC7)CC6)CC5)nc4c3F)c12. The third-order valence-electron chi connectivity index (χ3n) is 18.5. The molecule has 7 aliphatic rings. The molecule has 18 heteroatoms. The maximum atomic E-state index is 17.4. The quantitative estimate of drug-likeness (QED) is 0.107. The number of phenols is 1. The van der Waals surface area contributed by atoms with Gasteiger partial charge in [-0.2, -0.15) is 9.97 Å². The molecular weight excluding hydrogens is 1020 g/mol. The van der Waals surface area contributed by atoms with Crippen molar-refractivity contribution in [1.29, 1.82) is 0 Å². The lowest BCUT2D eigenvalue weighted by Crippen LogP contribution is -2.57. The molecule has 2 aromatic heterocycles. The summed E-state index contributed by atoms with van der Waals surface area (Å²) in [6.07, 6.45) is 12.6. The first kappa shape index (κ1) is 54.0. The summed E-state index contributed by atoms with van der Waals surface area (Å²) in [6.45, 7) is 17.5. The van der Waals surface area contributed by atoms with Gasteiger partial charge in [0.25, 0.3) is 5.91 Å². The van der Waals surface area contributed by atoms with Crippen LogP contribution in [0.1, 0.15) is 120 Å². The summed E-state index contributed by atoms with van der Waals surface area (Å²) in [4.78, 5) is 79.1. The number of amides is 4. The van der Waals surface area contributed by atoms with Crippen LogP contribution in [0.25, 0.3) is 32.9 Å². The average molecular weight is 1090 g/mol. The van der Waals surface area contributed by atoms with Crippen molar-refractivity contribution in [3.05, 3.63) is 77.2 Å². The number of nitrogens with zero attached hydrogens (tertiary/aromatic N) is 9. The molecule has 7 aliphatic heterocycles. The molecule has 2 N–H and O–H groups in total. The topological polar surface area (TPSA) is 177 Å². The molecule has 424 valence electrons. The van der Waals surface area contributed by atoms with Crippen molar-refractivity contribution >= 4 is 57.0 Å². The van der Waals surface area contributed by atoms with Crippen LogP contribution in [-0.2, 0) is 27.3 Å². The number of anilines is 2. The average Bonchev–Trinajstić information content (AvgIpc) is 3.99. The van der Waals surface area contributed by atoms with Gasteiger partial charge in [-0.15, -0.1) is 0 Å². The Balaban J connectivity index is 0.640. The Hall–Kier alpha value is -6.66. The van der Waals surface area contributed by atoms with Gasteiger partial charge in [0.1, 0.15) is 41.0 Å². The van der Waals surface area contributed by atoms with Crippen molar-refractivity contribution in [3.63, 3.8) is 0 Å². The monoisotopic (exact) mass is 1090 g/mol. The second-order valence-electron chi connectivity index (χ2n) is 24.8. The maximum absolute atomic E-state index is 17.4. The van der Waals surface area contributed by atoms with E-state index < -0.39 is 17.5 Å². The molecule has 3 unspecified atom stereocenters. The number of carbonyl (C=O) groups excluding carboxylic acids is 4. The van der Waals surface area contributed by atoms with Crippen LogP contribution in [0.4, 0.5) is 20.7 Å². The smallest absolute Gasteiger partial charge is 0.410 e. The summed E-state index contributed by atoms with van der Waals surface area (Å²) in [5.41, 5.74) is 3.88. The molecule has 0 saturated carbocycles. The molecule has 0 aliphatic carbocycles. The molecular formula is C62H77FN10O7. The zero-order valence-electron chi connectivity index (χ0n) is 46.9. The molecule has 3 atom stereocenters. The first-order valence-electron chi connectivity index (χ1n) is 29.6. The lowest BCUT2D eigenvalue weighted by molar-refractivity contribution is -0.136. The molecule has 5 aromatic rings. The zero-order chi connectivity index (χ0) is 55.4. The van der Waals surface area contributed by atoms with E-state index in [4.69, 9.17) is 24.4 Å². The molecule has 6 fully saturated rings. The van der Waals surface area contributed by atoms with Gasteiger partial charge in [0, 0.05) is 80.8 Å². The standard InChI is InChI=1S/C62H77FN10O7/c1-5-41-8-6-9-42-31-45(74)32-47(53(41)42)55-54(63)56-48(33-64-55)57(71-35-43-12-13-44(36-71)73(43)61(78)80-62(2,3)4)67-60(66-56)79-29-28-68-22-16-38(17-23-68)30-39-18-24-69(25-19-39)34-40-20-26-70(27-21-40)50-11-7-10-46-49(50)37-72(59(46)77)51-14-15-52(75)65-58(51)76/h6-11,31-33,38-40,43-44,51,74H,5,12-30,34-37H2,1-4H3,(H,65,75,76). The number of imide groups is 1. The molecule has 12 rings (SSSR count). The van der Waals surface area contributed by atoms with E-state index in [1.54, 1.807) is 23.2 Å². The molecule has 0 spiro atoms. The third-order valence-corrected chi connectivity index (χ3v) is 18.5. The first-order valence-corrected chi connectivity index (χ1v) is 29.6. The number of likely N-dealkylation sites (tertiary alicyclic amines) is 2. The number of pyridine rings is 1. The van der Waals surface area contributed by atoms with Gasteiger partial charge < -0.3 is 34.2 Å². The van der Waals surface area contributed by atoms with Crippen LogP contribution in [0, 0.1) is 23.6 Å². The van der Waals surface area contributed by atoms with E-state index >= 15 is 4.39 Å². The Morgan fingerprint density at radius 1 is 0.812 bits per heavy atom. The summed E-state index contributed by atoms with van der Waals surface area (Å²) in [5.74, 6) is 1.28. The summed E-state index contributed by atoms with van der Waals surface area (Å²) in [5, 5.41) is 15.4. The molecule has 17 nitrogen and oxygen atoms in total. The lowest BCUT2D eigenvalue weighted by Gasteiger charge is -2.42. The predicted octanol–water partition coefficient (Wildman–Crippen LogP) is 8.71. The highest BCUT2D eigenvalue weighted by atomic mass is 19.1. The number of rotatable bonds is 13. The number of piperazine rings is 1. The Kier molecular flexibility index (Phi) is 15.1. The highest BCUT2D eigenvalue weighted by Gasteiger charge is 2.46. The lowest BCUT2D eigenvalue weighted by atomic mass is 9.82. The molecule has 2 bridgehead atoms. The number of hydrogen-bond acceptors (Lipinski definition) is 14. The summed E-state index contributed by atoms with van der Waals surface area (Å²) < 4.78 is 29.6. The summed E-state index contributed by atoms with van der Waals surface area (Å²) >= 11 is 0. The number of aromatic hydroxyl groups is 1. The van der Waals surface area contributed by atoms with Gasteiger partial charge in [-0.25, -0.2) is 9.18 Å². The van der Waals surface area contributed by atoms with E-state index in [2.05, 4.69) is 37.9 Å². The minimum atomic E-state index is -0.617. The number of hydrogen-bond donors (Lipinski definition) is 2. The van der Waals surface area contributed by atoms with Gasteiger partial charge in [0.2, 0.25) is 11.8 Å². The van der Waals surface area contributed by atoms with E-state index in [0.717, 1.165) is 124 Å². The summed E-state index contributed by atoms with van der Waals surface area (Å²) in [7, 11) is 0. The number of carbonyl (C=O) groups is 4. The highest BCUT2D eigenvalue weighted by Crippen LogP contribution is 2.42. The van der Waals surface area contributed by atoms with Crippen LogP contribution in [0.15, 0.2) is 54.7 Å². The largest absolute Gasteiger partial charge is 0.508 e. The zero-order valence-corrected chi connectivity index (χ0v) is 46.9. The number of halogens is 1. The van der Waals surface area contributed by atoms with Crippen LogP contribution in [-0.4, -0.2) is 159 Å². The Morgan fingerprint density at radius 2 is 1.51 bits per heavy atom. The first-order chi connectivity index (χ1) is 38.6. The van der Waals surface area contributed by atoms with E-state index in [1.807, 2.05) is 56.0 Å². The van der Waals surface area contributed by atoms with E-state index in [1.165, 1.54) is 19.3 Å². The Labute approximate surface area is 468 Å². The Morgan fingerprint density at radius 3 is 2.21 bits per heavy atom. The number of phenolic OH excluding ortho intramolecular Hbond substituents is 1. The number of nitrogens with one attached hydrogen (secondary N) is 1. The van der Waals surface area contributed by atoms with Gasteiger partial charge in [-0.05, 0) is 176 Å². The van der Waals surface area contributed by atoms with Crippen LogP contribution in [0.3, 0.4) is 0 Å². The van der Waals surface area contributed by atoms with Gasteiger partial charge in [-0.3, -0.25) is 34.5 Å². The van der Waals surface area contributed by atoms with Crippen molar-refractivity contribution in [3.8, 4) is 23.0 Å². The van der Waals surface area contributed by atoms with E-state index in [9.17, 15) is 24.3 Å². The fourth-order valence-electron chi connectivity index (χ4n) is 14.3. The fourth-order valence-corrected chi connectivity index (χ4v) is 14.3. The van der Waals surface area contributed by atoms with E-state index in [0.29, 0.717) is 73.4 Å². The van der Waals surface area contributed by atoms with Gasteiger partial charge in [0.05, 0.1) is 17.5 Å². The van der Waals surface area contributed by atoms with Crippen molar-refractivity contribution in [2.75, 3.05) is 81.9 Å². The van der Waals surface area contributed by atoms with Gasteiger partial charge in [-0.1, -0.05) is 31.2 Å². The fraction of sp³-hybridized carbons (Fsp3) is 0.565. The van der Waals surface area contributed by atoms with Crippen molar-refractivity contribution in [1.82, 2.24) is 39.9 Å². The highest BCUT2D eigenvalue weighted by molar-refractivity contribution is 6.06. The minimum absolute atomic E-state index is 0.0256. The van der Waals surface area contributed by atoms with E-state index in [-0.39, 0.29) is 65.3 Å². The number of ether oxygens (including phenoxy) is 2. The molecule has 6 saturated heterocycles. The number of benzene rings is 3. The Bertz CT molecular complexity index is 3170. The van der Waals surface area contributed by atoms with Crippen LogP contribution in [0.2, 0.25) is 0 Å². The van der Waals surface area contributed by atoms with Crippen LogP contribution < -0.4 is 19.9 Å². The van der Waals surface area contributed by atoms with Crippen LogP contribution >= 0.6 is 0 Å². The third kappa shape index (κ3) is 11.0. The second-order valence-corrected chi connectivity index (χ2v) is 24.8. The van der Waals surface area contributed by atoms with Gasteiger partial charge >= 0.3 is 12.1 Å². The molecule has 3 aromatic carbocycles. The normalized spacial score (nSPS) is 22.9. The molecule has 9 heterocycles.